The van der Waals surface area contributed by atoms with E-state index in [0.29, 0.717) is 18.0 Å². The molecule has 1 N–H and O–H groups in total. The van der Waals surface area contributed by atoms with Gasteiger partial charge in [-0.3, -0.25) is 9.36 Å². The molecule has 3 heterocycles. The van der Waals surface area contributed by atoms with Crippen LogP contribution in [-0.4, -0.2) is 90.6 Å². The highest BCUT2D eigenvalue weighted by atomic mass is 31.2. The van der Waals surface area contributed by atoms with Crippen molar-refractivity contribution < 1.29 is 50.7 Å². The molecule has 14 nitrogen and oxygen atoms in total. The van der Waals surface area contributed by atoms with Crippen molar-refractivity contribution in [1.82, 2.24) is 14.2 Å². The Hall–Kier alpha value is -3.36. The van der Waals surface area contributed by atoms with Crippen LogP contribution in [0.2, 0.25) is 0 Å². The van der Waals surface area contributed by atoms with Crippen LogP contribution < -0.4 is 20.5 Å². The van der Waals surface area contributed by atoms with Gasteiger partial charge < -0.3 is 38.0 Å². The number of ether oxygens (including phenoxy) is 5. The maximum atomic E-state index is 13.5. The number of rotatable bonds is 19. The van der Waals surface area contributed by atoms with Crippen LogP contribution >= 0.6 is 8.53 Å². The van der Waals surface area contributed by atoms with Crippen molar-refractivity contribution in [3.05, 3.63) is 34.9 Å². The fourth-order valence-electron chi connectivity index (χ4n) is 5.65. The number of nitrogens with one attached hydrogen (secondary N) is 1. The maximum absolute atomic E-state index is 13.5. The SMILES string of the molecule is COCCO[C@@H]1[C@H](C)[C@@H](COP(OCCC#N)N(C(C)C)C(C)C)O[C@H]1n1cc2c(nc1=O)Nc1c(OCCCC(=O)C(F)(F)F)cccc1O2. The molecule has 2 aliphatic rings. The Balaban J connectivity index is 1.52. The lowest BCUT2D eigenvalue weighted by Crippen LogP contribution is -2.36. The van der Waals surface area contributed by atoms with E-state index in [-0.39, 0.29) is 74.6 Å². The molecule has 282 valence electrons. The zero-order valence-electron chi connectivity index (χ0n) is 29.5. The Kier molecular flexibility index (Phi) is 14.6. The van der Waals surface area contributed by atoms with Gasteiger partial charge in [-0.2, -0.15) is 23.4 Å². The van der Waals surface area contributed by atoms with Gasteiger partial charge in [0.2, 0.25) is 5.78 Å². The second kappa shape index (κ2) is 18.4. The number of fused-ring (bicyclic) bond motifs is 2. The van der Waals surface area contributed by atoms with Gasteiger partial charge in [0.1, 0.15) is 17.5 Å². The molecule has 1 saturated heterocycles. The quantitative estimate of drug-likeness (QED) is 0.109. The van der Waals surface area contributed by atoms with E-state index in [4.69, 9.17) is 38.0 Å². The minimum Gasteiger partial charge on any atom is -0.491 e. The van der Waals surface area contributed by atoms with Gasteiger partial charge in [0.25, 0.3) is 8.53 Å². The molecule has 2 aromatic rings. The first-order valence-electron chi connectivity index (χ1n) is 16.7. The minimum atomic E-state index is -4.89. The second-order valence-corrected chi connectivity index (χ2v) is 13.9. The number of carbonyl (C=O) groups is 1. The number of ketones is 1. The number of methoxy groups -OCH3 is 1. The van der Waals surface area contributed by atoms with Gasteiger partial charge in [0, 0.05) is 31.5 Å². The number of carbonyl (C=O) groups excluding carboxylic acids is 1. The summed E-state index contributed by atoms with van der Waals surface area (Å²) in [5.74, 6) is -1.20. The number of hydrogen-bond donors (Lipinski definition) is 1. The van der Waals surface area contributed by atoms with Crippen molar-refractivity contribution in [3.63, 3.8) is 0 Å². The number of benzene rings is 1. The summed E-state index contributed by atoms with van der Waals surface area (Å²) in [6.45, 7) is 10.9. The van der Waals surface area contributed by atoms with Gasteiger partial charge in [-0.15, -0.1) is 0 Å². The number of Topliss-reactive ketones (excluding diaryl/α,β-unsaturated/α-hetero) is 1. The smallest absolute Gasteiger partial charge is 0.449 e. The van der Waals surface area contributed by atoms with Crippen LogP contribution in [0, 0.1) is 17.2 Å². The Labute approximate surface area is 296 Å². The normalized spacial score (nSPS) is 20.5. The summed E-state index contributed by atoms with van der Waals surface area (Å²) in [5, 5.41) is 12.1. The number of anilines is 2. The summed E-state index contributed by atoms with van der Waals surface area (Å²) in [4.78, 5) is 28.9. The van der Waals surface area contributed by atoms with E-state index in [0.717, 1.165) is 0 Å². The Morgan fingerprint density at radius 3 is 2.55 bits per heavy atom. The first-order chi connectivity index (χ1) is 24.3. The lowest BCUT2D eigenvalue weighted by Gasteiger charge is -2.36. The topological polar surface area (TPSA) is 156 Å². The molecule has 1 aromatic carbocycles. The predicted octanol–water partition coefficient (Wildman–Crippen LogP) is 6.24. The van der Waals surface area contributed by atoms with Gasteiger partial charge in [0.05, 0.1) is 57.8 Å². The predicted molar refractivity (Wildman–Crippen MR) is 180 cm³/mol. The number of nitriles is 1. The number of aromatic nitrogens is 2. The molecular weight excluding hydrogens is 698 g/mol. The van der Waals surface area contributed by atoms with E-state index in [1.54, 1.807) is 25.3 Å². The van der Waals surface area contributed by atoms with Gasteiger partial charge >= 0.3 is 11.9 Å². The second-order valence-electron chi connectivity index (χ2n) is 12.5. The number of hydrogen-bond acceptors (Lipinski definition) is 13. The zero-order chi connectivity index (χ0) is 37.3. The van der Waals surface area contributed by atoms with Crippen molar-refractivity contribution in [2.24, 2.45) is 5.92 Å². The Bertz CT molecular complexity index is 1560. The molecule has 1 unspecified atom stereocenters. The molecule has 4 rings (SSSR count). The van der Waals surface area contributed by atoms with Crippen LogP contribution in [0.15, 0.2) is 29.2 Å². The van der Waals surface area contributed by atoms with Gasteiger partial charge in [-0.05, 0) is 46.2 Å². The Morgan fingerprint density at radius 1 is 1.14 bits per heavy atom. The van der Waals surface area contributed by atoms with Crippen LogP contribution in [0.25, 0.3) is 0 Å². The Morgan fingerprint density at radius 2 is 1.88 bits per heavy atom. The van der Waals surface area contributed by atoms with Crippen LogP contribution in [0.4, 0.5) is 24.7 Å². The molecule has 5 atom stereocenters. The van der Waals surface area contributed by atoms with E-state index in [1.807, 2.05) is 34.6 Å². The molecule has 0 bridgehead atoms. The number of para-hydroxylation sites is 1. The summed E-state index contributed by atoms with van der Waals surface area (Å²) in [6, 6.07) is 7.16. The first kappa shape index (κ1) is 40.4. The van der Waals surface area contributed by atoms with E-state index in [1.165, 1.54) is 10.8 Å². The molecule has 0 spiro atoms. The number of nitrogens with zero attached hydrogens (tertiary/aromatic N) is 4. The largest absolute Gasteiger partial charge is 0.491 e. The summed E-state index contributed by atoms with van der Waals surface area (Å²) < 4.78 is 83.0. The number of alkyl halides is 3. The summed E-state index contributed by atoms with van der Waals surface area (Å²) in [6.07, 6.45) is -6.07. The van der Waals surface area contributed by atoms with E-state index in [2.05, 4.69) is 21.0 Å². The molecule has 0 aliphatic carbocycles. The summed E-state index contributed by atoms with van der Waals surface area (Å²) in [5.41, 5.74) is -0.338. The molecule has 18 heteroatoms. The summed E-state index contributed by atoms with van der Waals surface area (Å²) >= 11 is 0. The highest BCUT2D eigenvalue weighted by Gasteiger charge is 2.45. The third kappa shape index (κ3) is 10.4. The van der Waals surface area contributed by atoms with Crippen LogP contribution in [0.3, 0.4) is 0 Å². The van der Waals surface area contributed by atoms with Crippen molar-refractivity contribution >= 4 is 25.8 Å². The highest BCUT2D eigenvalue weighted by molar-refractivity contribution is 7.44. The molecule has 0 amide bonds. The average Bonchev–Trinajstić information content (AvgIpc) is 3.37. The van der Waals surface area contributed by atoms with Crippen LogP contribution in [0.1, 0.15) is 60.1 Å². The lowest BCUT2D eigenvalue weighted by molar-refractivity contribution is -0.171. The van der Waals surface area contributed by atoms with E-state index in [9.17, 15) is 22.8 Å². The molecule has 2 aliphatic heterocycles. The summed E-state index contributed by atoms with van der Waals surface area (Å²) in [7, 11) is 0.0191. The molecule has 0 saturated carbocycles. The van der Waals surface area contributed by atoms with Gasteiger partial charge in [0.15, 0.2) is 23.5 Å². The third-order valence-electron chi connectivity index (χ3n) is 8.07. The van der Waals surface area contributed by atoms with E-state index < -0.39 is 51.0 Å². The monoisotopic (exact) mass is 743 g/mol. The molecule has 51 heavy (non-hydrogen) atoms. The van der Waals surface area contributed by atoms with Crippen molar-refractivity contribution in [2.45, 2.75) is 90.6 Å². The van der Waals surface area contributed by atoms with Gasteiger partial charge in [-0.1, -0.05) is 13.0 Å². The molecule has 1 aromatic heterocycles. The van der Waals surface area contributed by atoms with Crippen molar-refractivity contribution in [2.75, 3.05) is 45.5 Å². The first-order valence-corrected chi connectivity index (χ1v) is 17.8. The fourth-order valence-corrected chi connectivity index (χ4v) is 7.27. The van der Waals surface area contributed by atoms with E-state index >= 15 is 0 Å². The van der Waals surface area contributed by atoms with Gasteiger partial charge in [-0.25, -0.2) is 9.46 Å². The van der Waals surface area contributed by atoms with Crippen molar-refractivity contribution in [3.8, 4) is 23.3 Å². The fraction of sp³-hybridized carbons (Fsp3) is 0.636. The van der Waals surface area contributed by atoms with Crippen LogP contribution in [0.5, 0.6) is 17.2 Å². The minimum absolute atomic E-state index is 0.0949. The zero-order valence-corrected chi connectivity index (χ0v) is 30.4. The highest BCUT2D eigenvalue weighted by Crippen LogP contribution is 2.48. The maximum Gasteiger partial charge on any atom is 0.449 e. The standard InChI is InChI=1S/C33H45F3N5O9P/c1-20(2)41(21(3)4)51(47-15-9-13-37)48-19-26-22(5)29(46-17-16-44-6)31(50-26)40-18-25-30(39-32(40)43)38-28-23(10-7-11-24(28)49-25)45-14-8-12-27(42)33(34,35)36/h7,10-11,18,20-22,26,29,31H,8-9,12,14-17,19H2,1-6H3,(H,38,39,43)/t22-,26-,29-,31-,51?/m1/s1. The van der Waals surface area contributed by atoms with Crippen LogP contribution in [-0.2, 0) is 28.1 Å². The number of halogens is 3. The molecule has 0 radical (unpaired) electrons. The average molecular weight is 744 g/mol. The molecule has 1 fully saturated rings. The third-order valence-corrected chi connectivity index (χ3v) is 10.1. The lowest BCUT2D eigenvalue weighted by atomic mass is 10.0. The molecular formula is C33H45F3N5O9P. The van der Waals surface area contributed by atoms with Crippen molar-refractivity contribution in [1.29, 1.82) is 5.26 Å².